The molecule has 5 nitrogen and oxygen atoms in total. The van der Waals surface area contributed by atoms with E-state index in [1.807, 2.05) is 0 Å². The van der Waals surface area contributed by atoms with Gasteiger partial charge >= 0.3 is 5.97 Å². The number of carboxylic acid groups (broad SMARTS) is 1. The molecule has 0 atom stereocenters. The molecule has 1 rings (SSSR count). The lowest BCUT2D eigenvalue weighted by molar-refractivity contribution is -0.135. The van der Waals surface area contributed by atoms with E-state index < -0.39 is 5.97 Å². The zero-order valence-electron chi connectivity index (χ0n) is 8.24. The van der Waals surface area contributed by atoms with Crippen LogP contribution in [-0.2, 0) is 4.79 Å². The first-order valence-corrected chi connectivity index (χ1v) is 4.24. The van der Waals surface area contributed by atoms with Crippen LogP contribution in [0.4, 0.5) is 11.5 Å². The number of hydrogen-bond acceptors (Lipinski definition) is 4. The normalized spacial score (nSPS) is 9.13. The lowest BCUT2D eigenvalue weighted by Gasteiger charge is -2.02. The van der Waals surface area contributed by atoms with Crippen LogP contribution in [-0.4, -0.2) is 16.1 Å². The minimum absolute atomic E-state index is 0.205. The van der Waals surface area contributed by atoms with Crippen LogP contribution in [0.3, 0.4) is 0 Å². The Morgan fingerprint density at radius 2 is 2.27 bits per heavy atom. The van der Waals surface area contributed by atoms with E-state index in [0.29, 0.717) is 16.9 Å². The SMILES string of the molecule is Cc1nc(N)c(N)cc1C#CCC(=O)O. The smallest absolute Gasteiger partial charge is 0.315 e. The van der Waals surface area contributed by atoms with Crippen molar-refractivity contribution >= 4 is 17.5 Å². The molecule has 15 heavy (non-hydrogen) atoms. The maximum atomic E-state index is 10.2. The highest BCUT2D eigenvalue weighted by molar-refractivity contribution is 5.70. The molecular formula is C10H11N3O2. The fourth-order valence-corrected chi connectivity index (χ4v) is 0.981. The number of aromatic nitrogens is 1. The fraction of sp³-hybridized carbons (Fsp3) is 0.200. The molecular weight excluding hydrogens is 194 g/mol. The predicted octanol–water partition coefficient (Wildman–Crippen LogP) is 0.381. The largest absolute Gasteiger partial charge is 0.481 e. The number of aryl methyl sites for hydroxylation is 1. The number of aliphatic carboxylic acids is 1. The second-order valence-corrected chi connectivity index (χ2v) is 2.97. The molecule has 0 radical (unpaired) electrons. The van der Waals surface area contributed by atoms with Crippen LogP contribution in [0.25, 0.3) is 0 Å². The van der Waals surface area contributed by atoms with Crippen LogP contribution in [0, 0.1) is 18.8 Å². The number of pyridine rings is 1. The van der Waals surface area contributed by atoms with E-state index in [-0.39, 0.29) is 12.2 Å². The van der Waals surface area contributed by atoms with Crippen LogP contribution in [0.1, 0.15) is 17.7 Å². The van der Waals surface area contributed by atoms with Crippen LogP contribution < -0.4 is 11.5 Å². The van der Waals surface area contributed by atoms with Crippen LogP contribution in [0.15, 0.2) is 6.07 Å². The molecule has 0 bridgehead atoms. The number of rotatable bonds is 1. The Kier molecular flexibility index (Phi) is 3.13. The Morgan fingerprint density at radius 1 is 1.60 bits per heavy atom. The van der Waals surface area contributed by atoms with E-state index in [0.717, 1.165) is 0 Å². The number of anilines is 2. The second-order valence-electron chi connectivity index (χ2n) is 2.97. The number of hydrogen-bond donors (Lipinski definition) is 3. The molecule has 0 aliphatic rings. The minimum atomic E-state index is -0.962. The van der Waals surface area contributed by atoms with Gasteiger partial charge in [0.05, 0.1) is 11.4 Å². The Bertz CT molecular complexity index is 458. The van der Waals surface area contributed by atoms with Gasteiger partial charge in [-0.05, 0) is 13.0 Å². The van der Waals surface area contributed by atoms with E-state index in [1.165, 1.54) is 0 Å². The van der Waals surface area contributed by atoms with Gasteiger partial charge in [0.15, 0.2) is 0 Å². The molecule has 1 aromatic rings. The van der Waals surface area contributed by atoms with E-state index in [9.17, 15) is 4.79 Å². The summed E-state index contributed by atoms with van der Waals surface area (Å²) in [7, 11) is 0. The number of carboxylic acids is 1. The fourth-order valence-electron chi connectivity index (χ4n) is 0.981. The van der Waals surface area contributed by atoms with E-state index >= 15 is 0 Å². The molecule has 0 fully saturated rings. The van der Waals surface area contributed by atoms with Crippen molar-refractivity contribution in [1.82, 2.24) is 4.98 Å². The van der Waals surface area contributed by atoms with E-state index in [2.05, 4.69) is 16.8 Å². The summed E-state index contributed by atoms with van der Waals surface area (Å²) >= 11 is 0. The van der Waals surface area contributed by atoms with E-state index in [4.69, 9.17) is 16.6 Å². The predicted molar refractivity (Wildman–Crippen MR) is 56.9 cm³/mol. The summed E-state index contributed by atoms with van der Waals surface area (Å²) in [4.78, 5) is 14.2. The summed E-state index contributed by atoms with van der Waals surface area (Å²) in [6.07, 6.45) is -0.205. The Hall–Kier alpha value is -2.22. The number of nitrogens with two attached hydrogens (primary N) is 2. The summed E-state index contributed by atoms with van der Waals surface area (Å²) in [5.41, 5.74) is 12.6. The third-order valence-electron chi connectivity index (χ3n) is 1.74. The van der Waals surface area contributed by atoms with Gasteiger partial charge in [0.1, 0.15) is 12.2 Å². The summed E-state index contributed by atoms with van der Waals surface area (Å²) in [6, 6.07) is 1.59. The molecule has 0 aromatic carbocycles. The van der Waals surface area contributed by atoms with Crippen LogP contribution in [0.5, 0.6) is 0 Å². The average Bonchev–Trinajstić information content (AvgIpc) is 2.13. The Morgan fingerprint density at radius 3 is 2.87 bits per heavy atom. The van der Waals surface area contributed by atoms with Gasteiger partial charge in [-0.25, -0.2) is 4.98 Å². The molecule has 1 heterocycles. The van der Waals surface area contributed by atoms with Crippen molar-refractivity contribution < 1.29 is 9.90 Å². The maximum Gasteiger partial charge on any atom is 0.315 e. The molecule has 0 spiro atoms. The first kappa shape index (κ1) is 10.9. The van der Waals surface area contributed by atoms with Crippen molar-refractivity contribution in [3.63, 3.8) is 0 Å². The summed E-state index contributed by atoms with van der Waals surface area (Å²) in [5, 5.41) is 8.40. The first-order valence-electron chi connectivity index (χ1n) is 4.24. The van der Waals surface area contributed by atoms with Crippen molar-refractivity contribution in [1.29, 1.82) is 0 Å². The highest BCUT2D eigenvalue weighted by atomic mass is 16.4. The molecule has 0 unspecified atom stereocenters. The molecule has 0 amide bonds. The number of nitrogen functional groups attached to an aromatic ring is 2. The van der Waals surface area contributed by atoms with Gasteiger partial charge in [-0.1, -0.05) is 11.8 Å². The molecule has 5 N–H and O–H groups in total. The lowest BCUT2D eigenvalue weighted by Crippen LogP contribution is -2.01. The van der Waals surface area contributed by atoms with Crippen molar-refractivity contribution in [3.8, 4) is 11.8 Å². The monoisotopic (exact) mass is 205 g/mol. The van der Waals surface area contributed by atoms with Crippen molar-refractivity contribution in [3.05, 3.63) is 17.3 Å². The average molecular weight is 205 g/mol. The standard InChI is InChI=1S/C10H11N3O2/c1-6-7(3-2-4-9(14)15)5-8(11)10(12)13-6/h5H,4,11H2,1H3,(H2,12,13)(H,14,15). The molecule has 0 saturated heterocycles. The molecule has 0 aliphatic heterocycles. The molecule has 0 aliphatic carbocycles. The zero-order chi connectivity index (χ0) is 11.4. The lowest BCUT2D eigenvalue weighted by atomic mass is 10.2. The maximum absolute atomic E-state index is 10.2. The molecule has 0 saturated carbocycles. The van der Waals surface area contributed by atoms with Crippen LogP contribution >= 0.6 is 0 Å². The topological polar surface area (TPSA) is 102 Å². The summed E-state index contributed by atoms with van der Waals surface area (Å²) < 4.78 is 0. The summed E-state index contributed by atoms with van der Waals surface area (Å²) in [5.74, 6) is 4.49. The number of nitrogens with zero attached hydrogens (tertiary/aromatic N) is 1. The van der Waals surface area contributed by atoms with Gasteiger partial charge in [-0.2, -0.15) is 0 Å². The van der Waals surface area contributed by atoms with Gasteiger partial charge in [0.2, 0.25) is 0 Å². The molecule has 1 aromatic heterocycles. The summed E-state index contributed by atoms with van der Waals surface area (Å²) in [6.45, 7) is 1.74. The Balaban J connectivity index is 2.98. The van der Waals surface area contributed by atoms with Gasteiger partial charge < -0.3 is 16.6 Å². The second kappa shape index (κ2) is 4.33. The third-order valence-corrected chi connectivity index (χ3v) is 1.74. The van der Waals surface area contributed by atoms with Gasteiger partial charge in [-0.3, -0.25) is 4.79 Å². The van der Waals surface area contributed by atoms with Crippen molar-refractivity contribution in [2.45, 2.75) is 13.3 Å². The third kappa shape index (κ3) is 2.88. The molecule has 78 valence electrons. The Labute approximate surface area is 87.1 Å². The van der Waals surface area contributed by atoms with Gasteiger partial charge in [-0.15, -0.1) is 0 Å². The minimum Gasteiger partial charge on any atom is -0.481 e. The zero-order valence-corrected chi connectivity index (χ0v) is 8.24. The van der Waals surface area contributed by atoms with Gasteiger partial charge in [0, 0.05) is 5.56 Å². The quantitative estimate of drug-likeness (QED) is 0.575. The van der Waals surface area contributed by atoms with Crippen molar-refractivity contribution in [2.24, 2.45) is 0 Å². The van der Waals surface area contributed by atoms with Crippen LogP contribution in [0.2, 0.25) is 0 Å². The highest BCUT2D eigenvalue weighted by Gasteiger charge is 2.01. The van der Waals surface area contributed by atoms with E-state index in [1.54, 1.807) is 13.0 Å². The van der Waals surface area contributed by atoms with Crippen molar-refractivity contribution in [2.75, 3.05) is 11.5 Å². The first-order chi connectivity index (χ1) is 7.00. The molecule has 5 heteroatoms. The number of carbonyl (C=O) groups is 1. The highest BCUT2D eigenvalue weighted by Crippen LogP contribution is 2.15. The van der Waals surface area contributed by atoms with Gasteiger partial charge in [0.25, 0.3) is 0 Å².